The molecule has 13 heteroatoms. The number of nitrogen functional groups attached to an aromatic ring is 1. The number of halogens is 3. The van der Waals surface area contributed by atoms with E-state index in [1.54, 1.807) is 22.8 Å². The van der Waals surface area contributed by atoms with E-state index in [1.807, 2.05) is 30.0 Å². The number of ether oxygens (including phenoxy) is 1. The van der Waals surface area contributed by atoms with Gasteiger partial charge in [-0.05, 0) is 42.8 Å². The van der Waals surface area contributed by atoms with Gasteiger partial charge in [0.05, 0.1) is 36.4 Å². The Hall–Kier alpha value is -4.07. The van der Waals surface area contributed by atoms with E-state index in [2.05, 4.69) is 24.9 Å². The molecule has 3 aromatic heterocycles. The Balaban J connectivity index is 1.16. The average molecular weight is 595 g/mol. The molecule has 2 saturated heterocycles. The number of hydrogen-bond donors (Lipinski definition) is 1. The van der Waals surface area contributed by atoms with Crippen molar-refractivity contribution in [3.05, 3.63) is 65.5 Å². The summed E-state index contributed by atoms with van der Waals surface area (Å²) in [6, 6.07) is 9.80. The first-order valence-electron chi connectivity index (χ1n) is 14.3. The molecular weight excluding hydrogens is 561 g/mol. The largest absolute Gasteiger partial charge is 0.419 e. The first-order chi connectivity index (χ1) is 20.7. The number of hydrogen-bond acceptors (Lipinski definition) is 8. The van der Waals surface area contributed by atoms with Crippen LogP contribution in [0.2, 0.25) is 0 Å². The minimum absolute atomic E-state index is 0.00625. The first kappa shape index (κ1) is 29.0. The SMILES string of the molecule is Cc1cc(-c2cnc3ccc(-c4cnc(N)c(C(F)(F)F)c4)nn23)ccc1C(=O)N1CCN(CCN2CCOCC2)CC1. The van der Waals surface area contributed by atoms with Crippen molar-refractivity contribution in [3.8, 4) is 22.5 Å². The smallest absolute Gasteiger partial charge is 0.383 e. The lowest BCUT2D eigenvalue weighted by Gasteiger charge is -2.36. The second-order valence-electron chi connectivity index (χ2n) is 10.9. The Labute approximate surface area is 246 Å². The van der Waals surface area contributed by atoms with Gasteiger partial charge in [0.2, 0.25) is 0 Å². The zero-order chi connectivity index (χ0) is 30.1. The molecule has 0 radical (unpaired) electrons. The summed E-state index contributed by atoms with van der Waals surface area (Å²) in [6.45, 7) is 10.5. The highest BCUT2D eigenvalue weighted by molar-refractivity contribution is 5.96. The molecule has 0 aliphatic carbocycles. The first-order valence-corrected chi connectivity index (χ1v) is 14.3. The van der Waals surface area contributed by atoms with E-state index in [1.165, 1.54) is 6.20 Å². The number of alkyl halides is 3. The summed E-state index contributed by atoms with van der Waals surface area (Å²) < 4.78 is 47.2. The molecule has 2 aliphatic rings. The monoisotopic (exact) mass is 594 g/mol. The van der Waals surface area contributed by atoms with E-state index in [4.69, 9.17) is 10.5 Å². The molecule has 0 unspecified atom stereocenters. The molecule has 43 heavy (non-hydrogen) atoms. The predicted octanol–water partition coefficient (Wildman–Crippen LogP) is 3.46. The fraction of sp³-hybridized carbons (Fsp3) is 0.400. The van der Waals surface area contributed by atoms with Crippen molar-refractivity contribution in [2.75, 3.05) is 71.3 Å². The van der Waals surface area contributed by atoms with E-state index in [0.717, 1.165) is 69.7 Å². The van der Waals surface area contributed by atoms with Crippen LogP contribution in [0.5, 0.6) is 0 Å². The van der Waals surface area contributed by atoms with Crippen LogP contribution in [0.25, 0.3) is 28.2 Å². The number of piperazine rings is 1. The fourth-order valence-corrected chi connectivity index (χ4v) is 5.58. The summed E-state index contributed by atoms with van der Waals surface area (Å²) in [5, 5.41) is 4.56. The fourth-order valence-electron chi connectivity index (χ4n) is 5.58. The molecule has 0 atom stereocenters. The predicted molar refractivity (Wildman–Crippen MR) is 155 cm³/mol. The van der Waals surface area contributed by atoms with Gasteiger partial charge < -0.3 is 15.4 Å². The van der Waals surface area contributed by atoms with Gasteiger partial charge in [0.15, 0.2) is 5.65 Å². The molecule has 5 heterocycles. The Morgan fingerprint density at radius 3 is 2.33 bits per heavy atom. The molecule has 10 nitrogen and oxygen atoms in total. The number of nitrogens with zero attached hydrogens (tertiary/aromatic N) is 7. The standard InChI is InChI=1S/C30H33F3N8O2/c1-20-16-21(2-3-23(20)29(42)40-10-8-38(9-11-40)6-7-39-12-14-43-15-13-39)26-19-35-27-5-4-25(37-41(26)27)22-17-24(30(31,32)33)28(34)36-18-22/h2-5,16-19H,6-15H2,1H3,(H2,34,36). The number of anilines is 1. The van der Waals surface area contributed by atoms with Crippen molar-refractivity contribution < 1.29 is 22.7 Å². The lowest BCUT2D eigenvalue weighted by Crippen LogP contribution is -2.51. The number of carbonyl (C=O) groups excluding carboxylic acids is 1. The number of benzene rings is 1. The number of pyridine rings is 1. The van der Waals surface area contributed by atoms with Crippen LogP contribution in [-0.2, 0) is 10.9 Å². The maximum absolute atomic E-state index is 13.4. The van der Waals surface area contributed by atoms with Crippen molar-refractivity contribution in [2.24, 2.45) is 0 Å². The lowest BCUT2D eigenvalue weighted by molar-refractivity contribution is -0.137. The third kappa shape index (κ3) is 6.19. The van der Waals surface area contributed by atoms with Gasteiger partial charge in [0.25, 0.3) is 5.91 Å². The minimum Gasteiger partial charge on any atom is -0.383 e. The number of nitrogens with two attached hydrogens (primary N) is 1. The topological polar surface area (TPSA) is 105 Å². The van der Waals surface area contributed by atoms with Crippen LogP contribution >= 0.6 is 0 Å². The van der Waals surface area contributed by atoms with Crippen LogP contribution in [0, 0.1) is 6.92 Å². The Bertz CT molecular complexity index is 1630. The zero-order valence-corrected chi connectivity index (χ0v) is 23.8. The summed E-state index contributed by atoms with van der Waals surface area (Å²) >= 11 is 0. The van der Waals surface area contributed by atoms with Crippen LogP contribution in [0.4, 0.5) is 19.0 Å². The average Bonchev–Trinajstić information content (AvgIpc) is 3.43. The summed E-state index contributed by atoms with van der Waals surface area (Å²) in [5.41, 5.74) is 8.34. The van der Waals surface area contributed by atoms with Gasteiger partial charge in [-0.25, -0.2) is 14.5 Å². The molecule has 0 spiro atoms. The molecular formula is C30H33F3N8O2. The van der Waals surface area contributed by atoms with E-state index >= 15 is 0 Å². The Kier molecular flexibility index (Phi) is 8.03. The third-order valence-corrected chi connectivity index (χ3v) is 8.13. The van der Waals surface area contributed by atoms with Crippen LogP contribution in [0.1, 0.15) is 21.5 Å². The lowest BCUT2D eigenvalue weighted by atomic mass is 10.0. The summed E-state index contributed by atoms with van der Waals surface area (Å²) in [7, 11) is 0. The highest BCUT2D eigenvalue weighted by atomic mass is 19.4. The van der Waals surface area contributed by atoms with Crippen LogP contribution in [0.3, 0.4) is 0 Å². The van der Waals surface area contributed by atoms with Crippen molar-refractivity contribution in [1.29, 1.82) is 0 Å². The van der Waals surface area contributed by atoms with Crippen molar-refractivity contribution in [1.82, 2.24) is 34.3 Å². The zero-order valence-electron chi connectivity index (χ0n) is 23.8. The van der Waals surface area contributed by atoms with Gasteiger partial charge in [-0.1, -0.05) is 6.07 Å². The third-order valence-electron chi connectivity index (χ3n) is 8.13. The molecule has 2 fully saturated rings. The van der Waals surface area contributed by atoms with E-state index in [9.17, 15) is 18.0 Å². The van der Waals surface area contributed by atoms with Crippen molar-refractivity contribution in [3.63, 3.8) is 0 Å². The van der Waals surface area contributed by atoms with Crippen LogP contribution < -0.4 is 5.73 Å². The number of amides is 1. The molecule has 226 valence electrons. The normalized spacial score (nSPS) is 17.1. The number of aromatic nitrogens is 4. The van der Waals surface area contributed by atoms with Crippen LogP contribution in [0.15, 0.2) is 48.8 Å². The van der Waals surface area contributed by atoms with E-state index in [0.29, 0.717) is 30.0 Å². The molecule has 0 saturated carbocycles. The van der Waals surface area contributed by atoms with Gasteiger partial charge >= 0.3 is 6.18 Å². The van der Waals surface area contributed by atoms with Crippen molar-refractivity contribution in [2.45, 2.75) is 13.1 Å². The van der Waals surface area contributed by atoms with E-state index in [-0.39, 0.29) is 17.2 Å². The molecule has 6 rings (SSSR count). The number of imidazole rings is 1. The minimum atomic E-state index is -4.63. The number of morpholine rings is 1. The molecule has 1 amide bonds. The second kappa shape index (κ2) is 11.9. The quantitative estimate of drug-likeness (QED) is 0.362. The van der Waals surface area contributed by atoms with Gasteiger partial charge in [0.1, 0.15) is 5.82 Å². The summed E-state index contributed by atoms with van der Waals surface area (Å²) in [6.07, 6.45) is -1.71. The van der Waals surface area contributed by atoms with Gasteiger partial charge in [-0.3, -0.25) is 14.6 Å². The second-order valence-corrected chi connectivity index (χ2v) is 10.9. The number of fused-ring (bicyclic) bond motifs is 1. The molecule has 4 aromatic rings. The van der Waals surface area contributed by atoms with Gasteiger partial charge in [-0.2, -0.15) is 18.3 Å². The molecule has 2 N–H and O–H groups in total. The molecule has 1 aromatic carbocycles. The highest BCUT2D eigenvalue weighted by Gasteiger charge is 2.34. The number of aryl methyl sites for hydroxylation is 1. The van der Waals surface area contributed by atoms with Crippen LogP contribution in [-0.4, -0.2) is 106 Å². The van der Waals surface area contributed by atoms with Gasteiger partial charge in [0, 0.05) is 75.2 Å². The summed E-state index contributed by atoms with van der Waals surface area (Å²) in [5.74, 6) is -0.580. The highest BCUT2D eigenvalue weighted by Crippen LogP contribution is 2.35. The van der Waals surface area contributed by atoms with E-state index < -0.39 is 17.6 Å². The maximum atomic E-state index is 13.4. The maximum Gasteiger partial charge on any atom is 0.419 e. The number of rotatable bonds is 6. The molecule has 2 aliphatic heterocycles. The number of carbonyl (C=O) groups is 1. The Morgan fingerprint density at radius 1 is 0.907 bits per heavy atom. The van der Waals surface area contributed by atoms with Crippen molar-refractivity contribution >= 4 is 17.4 Å². The summed E-state index contributed by atoms with van der Waals surface area (Å²) in [4.78, 5) is 28.3. The Morgan fingerprint density at radius 2 is 1.63 bits per heavy atom. The molecule has 0 bridgehead atoms. The van der Waals surface area contributed by atoms with Gasteiger partial charge in [-0.15, -0.1) is 0 Å².